The highest BCUT2D eigenvalue weighted by molar-refractivity contribution is 6.29. The number of rotatable bonds is 3. The predicted molar refractivity (Wildman–Crippen MR) is 56.0 cm³/mol. The number of methoxy groups -OCH3 is 1. The van der Waals surface area contributed by atoms with Crippen molar-refractivity contribution >= 4 is 11.6 Å². The summed E-state index contributed by atoms with van der Waals surface area (Å²) < 4.78 is 5.40. The molecule has 1 aliphatic heterocycles. The molecule has 0 bridgehead atoms. The number of likely N-dealkylation sites (tertiary alicyclic amines) is 1. The van der Waals surface area contributed by atoms with E-state index in [1.54, 1.807) is 7.11 Å². The van der Waals surface area contributed by atoms with Crippen molar-refractivity contribution in [2.45, 2.75) is 19.4 Å². The molecular formula is C10H18ClNO. The van der Waals surface area contributed by atoms with Gasteiger partial charge in [0.2, 0.25) is 0 Å². The molecule has 1 aliphatic rings. The van der Waals surface area contributed by atoms with Crippen molar-refractivity contribution in [2.75, 3.05) is 26.7 Å². The molecule has 1 heterocycles. The second kappa shape index (κ2) is 4.99. The third-order valence-electron chi connectivity index (χ3n) is 2.67. The van der Waals surface area contributed by atoms with Gasteiger partial charge < -0.3 is 4.74 Å². The summed E-state index contributed by atoms with van der Waals surface area (Å²) in [6, 6.07) is 0. The van der Waals surface area contributed by atoms with Gasteiger partial charge in [-0.15, -0.1) is 0 Å². The highest BCUT2D eigenvalue weighted by Gasteiger charge is 2.25. The lowest BCUT2D eigenvalue weighted by Crippen LogP contribution is -2.44. The quantitative estimate of drug-likeness (QED) is 0.697. The molecule has 3 heteroatoms. The standard InChI is InChI=1S/C10H18ClNO/c1-8-4-5-12(6-9(2)11)7-10(8)13-3/h8,10H,2,4-7H2,1,3H3. The van der Waals surface area contributed by atoms with Crippen molar-refractivity contribution in [2.24, 2.45) is 5.92 Å². The molecule has 0 spiro atoms. The summed E-state index contributed by atoms with van der Waals surface area (Å²) in [5, 5.41) is 0.712. The highest BCUT2D eigenvalue weighted by atomic mass is 35.5. The Hall–Kier alpha value is -0.0500. The second-order valence-corrected chi connectivity index (χ2v) is 4.33. The zero-order chi connectivity index (χ0) is 9.84. The Morgan fingerprint density at radius 3 is 2.92 bits per heavy atom. The van der Waals surface area contributed by atoms with Gasteiger partial charge in [0.25, 0.3) is 0 Å². The zero-order valence-corrected chi connectivity index (χ0v) is 9.18. The van der Waals surface area contributed by atoms with Crippen LogP contribution in [0.5, 0.6) is 0 Å². The maximum absolute atomic E-state index is 5.76. The molecule has 0 radical (unpaired) electrons. The van der Waals surface area contributed by atoms with E-state index in [1.165, 1.54) is 6.42 Å². The van der Waals surface area contributed by atoms with Gasteiger partial charge in [0.05, 0.1) is 6.10 Å². The van der Waals surface area contributed by atoms with E-state index in [1.807, 2.05) is 0 Å². The lowest BCUT2D eigenvalue weighted by atomic mass is 9.96. The van der Waals surface area contributed by atoms with Crippen LogP contribution in [0.4, 0.5) is 0 Å². The molecule has 0 aliphatic carbocycles. The van der Waals surface area contributed by atoms with Crippen molar-refractivity contribution in [3.63, 3.8) is 0 Å². The number of halogens is 1. The van der Waals surface area contributed by atoms with Crippen LogP contribution in [0.15, 0.2) is 11.6 Å². The molecule has 0 aromatic carbocycles. The molecule has 2 unspecified atom stereocenters. The van der Waals surface area contributed by atoms with Crippen LogP contribution < -0.4 is 0 Å². The fourth-order valence-corrected chi connectivity index (χ4v) is 1.96. The van der Waals surface area contributed by atoms with E-state index in [2.05, 4.69) is 18.4 Å². The fourth-order valence-electron chi connectivity index (χ4n) is 1.79. The molecule has 13 heavy (non-hydrogen) atoms. The molecular weight excluding hydrogens is 186 g/mol. The second-order valence-electron chi connectivity index (χ2n) is 3.79. The molecule has 2 nitrogen and oxygen atoms in total. The summed E-state index contributed by atoms with van der Waals surface area (Å²) >= 11 is 5.76. The number of piperidine rings is 1. The number of ether oxygens (including phenoxy) is 1. The monoisotopic (exact) mass is 203 g/mol. The third kappa shape index (κ3) is 3.29. The van der Waals surface area contributed by atoms with Crippen LogP contribution in [0.25, 0.3) is 0 Å². The Bertz CT molecular complexity index is 184. The largest absolute Gasteiger partial charge is 0.380 e. The van der Waals surface area contributed by atoms with Crippen LogP contribution in [-0.4, -0.2) is 37.7 Å². The van der Waals surface area contributed by atoms with Crippen LogP contribution >= 0.6 is 11.6 Å². The Morgan fingerprint density at radius 2 is 2.38 bits per heavy atom. The van der Waals surface area contributed by atoms with Crippen LogP contribution in [0, 0.1) is 5.92 Å². The molecule has 0 saturated carbocycles. The SMILES string of the molecule is C=C(Cl)CN1CCC(C)C(OC)C1. The van der Waals surface area contributed by atoms with Crippen molar-refractivity contribution in [1.29, 1.82) is 0 Å². The Labute approximate surface area is 85.5 Å². The van der Waals surface area contributed by atoms with E-state index in [9.17, 15) is 0 Å². The van der Waals surface area contributed by atoms with Crippen molar-refractivity contribution in [3.05, 3.63) is 11.6 Å². The molecule has 1 fully saturated rings. The van der Waals surface area contributed by atoms with Crippen molar-refractivity contribution < 1.29 is 4.74 Å². The van der Waals surface area contributed by atoms with Gasteiger partial charge in [0, 0.05) is 25.2 Å². The first-order valence-electron chi connectivity index (χ1n) is 4.72. The third-order valence-corrected chi connectivity index (χ3v) is 2.79. The summed E-state index contributed by atoms with van der Waals surface area (Å²) in [5.41, 5.74) is 0. The summed E-state index contributed by atoms with van der Waals surface area (Å²) in [6.07, 6.45) is 1.53. The number of nitrogens with zero attached hydrogens (tertiary/aromatic N) is 1. The minimum Gasteiger partial charge on any atom is -0.380 e. The van der Waals surface area contributed by atoms with Crippen molar-refractivity contribution in [1.82, 2.24) is 4.90 Å². The van der Waals surface area contributed by atoms with E-state index in [0.29, 0.717) is 17.1 Å². The van der Waals surface area contributed by atoms with Gasteiger partial charge >= 0.3 is 0 Å². The van der Waals surface area contributed by atoms with Crippen LogP contribution in [0.1, 0.15) is 13.3 Å². The maximum Gasteiger partial charge on any atom is 0.0724 e. The molecule has 0 N–H and O–H groups in total. The van der Waals surface area contributed by atoms with E-state index in [0.717, 1.165) is 19.6 Å². The van der Waals surface area contributed by atoms with Gasteiger partial charge in [-0.05, 0) is 18.9 Å². The van der Waals surface area contributed by atoms with Gasteiger partial charge in [0.1, 0.15) is 0 Å². The topological polar surface area (TPSA) is 12.5 Å². The first-order valence-corrected chi connectivity index (χ1v) is 5.09. The van der Waals surface area contributed by atoms with Gasteiger partial charge in [-0.25, -0.2) is 0 Å². The van der Waals surface area contributed by atoms with Crippen LogP contribution in [0.3, 0.4) is 0 Å². The smallest absolute Gasteiger partial charge is 0.0724 e. The van der Waals surface area contributed by atoms with E-state index in [4.69, 9.17) is 16.3 Å². The minimum atomic E-state index is 0.352. The number of hydrogen-bond acceptors (Lipinski definition) is 2. The van der Waals surface area contributed by atoms with E-state index < -0.39 is 0 Å². The summed E-state index contributed by atoms with van der Waals surface area (Å²) in [5.74, 6) is 0.657. The zero-order valence-electron chi connectivity index (χ0n) is 8.42. The van der Waals surface area contributed by atoms with Gasteiger partial charge in [-0.2, -0.15) is 0 Å². The first-order chi connectivity index (χ1) is 6.13. The lowest BCUT2D eigenvalue weighted by Gasteiger charge is -2.35. The summed E-state index contributed by atoms with van der Waals surface area (Å²) in [7, 11) is 1.78. The Balaban J connectivity index is 2.40. The molecule has 0 amide bonds. The van der Waals surface area contributed by atoms with Gasteiger partial charge in [0.15, 0.2) is 0 Å². The summed E-state index contributed by atoms with van der Waals surface area (Å²) in [6.45, 7) is 8.80. The molecule has 0 aromatic rings. The number of hydrogen-bond donors (Lipinski definition) is 0. The summed E-state index contributed by atoms with van der Waals surface area (Å²) in [4.78, 5) is 2.30. The normalized spacial score (nSPS) is 30.4. The van der Waals surface area contributed by atoms with E-state index in [-0.39, 0.29) is 0 Å². The maximum atomic E-state index is 5.76. The Morgan fingerprint density at radius 1 is 1.69 bits per heavy atom. The molecule has 1 saturated heterocycles. The minimum absolute atomic E-state index is 0.352. The van der Waals surface area contributed by atoms with Gasteiger partial charge in [-0.1, -0.05) is 25.1 Å². The van der Waals surface area contributed by atoms with Crippen molar-refractivity contribution in [3.8, 4) is 0 Å². The fraction of sp³-hybridized carbons (Fsp3) is 0.800. The average Bonchev–Trinajstić information content (AvgIpc) is 2.07. The van der Waals surface area contributed by atoms with E-state index >= 15 is 0 Å². The molecule has 76 valence electrons. The lowest BCUT2D eigenvalue weighted by molar-refractivity contribution is -0.00153. The average molecular weight is 204 g/mol. The Kier molecular flexibility index (Phi) is 4.23. The molecule has 0 aromatic heterocycles. The highest BCUT2D eigenvalue weighted by Crippen LogP contribution is 2.20. The van der Waals surface area contributed by atoms with Crippen LogP contribution in [-0.2, 0) is 4.74 Å². The molecule has 2 atom stereocenters. The molecule has 1 rings (SSSR count). The van der Waals surface area contributed by atoms with Gasteiger partial charge in [-0.3, -0.25) is 4.90 Å². The predicted octanol–water partition coefficient (Wildman–Crippen LogP) is 2.10. The first kappa shape index (κ1) is 11.0. The van der Waals surface area contributed by atoms with Crippen LogP contribution in [0.2, 0.25) is 0 Å².